The van der Waals surface area contributed by atoms with Crippen LogP contribution in [0.2, 0.25) is 0 Å². The van der Waals surface area contributed by atoms with E-state index in [-0.39, 0.29) is 44.9 Å². The minimum atomic E-state index is -1.92. The second kappa shape index (κ2) is 22.8. The molecule has 25 unspecified atom stereocenters. The Morgan fingerprint density at radius 3 is 1.85 bits per heavy atom. The highest BCUT2D eigenvalue weighted by Crippen LogP contribution is 2.44. The number of methoxy groups -OCH3 is 3. The van der Waals surface area contributed by atoms with Gasteiger partial charge in [0.2, 0.25) is 0 Å². The van der Waals surface area contributed by atoms with Gasteiger partial charge in [-0.1, -0.05) is 0 Å². The molecule has 12 N–H and O–H groups in total. The molecule has 66 heavy (non-hydrogen) atoms. The lowest BCUT2D eigenvalue weighted by molar-refractivity contribution is -0.376. The molecular formula is C42H70O24. The molecule has 7 rings (SSSR count). The highest BCUT2D eigenvalue weighted by Gasteiger charge is 2.55. The average Bonchev–Trinajstić information content (AvgIpc) is 3.30. The predicted molar refractivity (Wildman–Crippen MR) is 214 cm³/mol. The SMILES string of the molecule is COC1CC(C(=O)OCC2OC(OCC3OC(OC4CC5C(O)CC(O)CC5OC4C4CCC(O)C(O)C4)C(OC4OCC(O)C(O)C4O)C(O)C3O)C(O)C(O)C2O)CC(OC)C1OC. The third kappa shape index (κ3) is 11.4. The molecule has 382 valence electrons. The van der Waals surface area contributed by atoms with E-state index < -0.39 is 191 Å². The second-order valence-electron chi connectivity index (χ2n) is 18.9. The highest BCUT2D eigenvalue weighted by atomic mass is 16.8. The van der Waals surface area contributed by atoms with Crippen molar-refractivity contribution >= 4 is 5.97 Å². The third-order valence-corrected chi connectivity index (χ3v) is 14.6. The number of hydrogen-bond acceptors (Lipinski definition) is 24. The summed E-state index contributed by atoms with van der Waals surface area (Å²) in [5.74, 6) is -2.29. The number of esters is 1. The van der Waals surface area contributed by atoms with Gasteiger partial charge in [-0.05, 0) is 57.3 Å². The van der Waals surface area contributed by atoms with Crippen LogP contribution in [0.4, 0.5) is 0 Å². The van der Waals surface area contributed by atoms with Gasteiger partial charge in [-0.2, -0.15) is 0 Å². The Labute approximate surface area is 381 Å². The summed E-state index contributed by atoms with van der Waals surface area (Å²) < 4.78 is 64.5. The second-order valence-corrected chi connectivity index (χ2v) is 18.9. The maximum atomic E-state index is 13.3. The van der Waals surface area contributed by atoms with Gasteiger partial charge in [-0.3, -0.25) is 4.79 Å². The van der Waals surface area contributed by atoms with Gasteiger partial charge in [0.05, 0.1) is 74.1 Å². The molecule has 7 aliphatic rings. The van der Waals surface area contributed by atoms with Gasteiger partial charge in [-0.25, -0.2) is 0 Å². The summed E-state index contributed by atoms with van der Waals surface area (Å²) in [5.41, 5.74) is 0. The van der Waals surface area contributed by atoms with Crippen LogP contribution in [0.5, 0.6) is 0 Å². The van der Waals surface area contributed by atoms with E-state index in [1.807, 2.05) is 0 Å². The van der Waals surface area contributed by atoms with Gasteiger partial charge >= 0.3 is 5.97 Å². The van der Waals surface area contributed by atoms with Crippen LogP contribution in [0.1, 0.15) is 51.4 Å². The van der Waals surface area contributed by atoms with Crippen molar-refractivity contribution in [1.29, 1.82) is 0 Å². The fourth-order valence-electron chi connectivity index (χ4n) is 10.7. The molecule has 0 spiro atoms. The molecule has 4 saturated heterocycles. The average molecular weight is 959 g/mol. The molecule has 7 fully saturated rings. The van der Waals surface area contributed by atoms with Gasteiger partial charge < -0.3 is 113 Å². The monoisotopic (exact) mass is 958 g/mol. The van der Waals surface area contributed by atoms with Crippen molar-refractivity contribution in [2.24, 2.45) is 17.8 Å². The van der Waals surface area contributed by atoms with Crippen molar-refractivity contribution in [1.82, 2.24) is 0 Å². The zero-order valence-electron chi connectivity index (χ0n) is 37.1. The predicted octanol–water partition coefficient (Wildman–Crippen LogP) is -5.72. The molecule has 25 atom stereocenters. The summed E-state index contributed by atoms with van der Waals surface area (Å²) in [6.45, 7) is -1.72. The minimum absolute atomic E-state index is 0.0703. The van der Waals surface area contributed by atoms with E-state index in [1.54, 1.807) is 0 Å². The van der Waals surface area contributed by atoms with Crippen LogP contribution in [-0.4, -0.2) is 255 Å². The Balaban J connectivity index is 1.06. The first-order chi connectivity index (χ1) is 31.4. The van der Waals surface area contributed by atoms with Crippen LogP contribution in [0.25, 0.3) is 0 Å². The van der Waals surface area contributed by atoms with E-state index in [0.717, 1.165) is 0 Å². The van der Waals surface area contributed by atoms with Crippen molar-refractivity contribution < 1.29 is 118 Å². The fraction of sp³-hybridized carbons (Fsp3) is 0.976. The number of hydrogen-bond donors (Lipinski definition) is 12. The first-order valence-electron chi connectivity index (χ1n) is 22.9. The van der Waals surface area contributed by atoms with Crippen LogP contribution in [0.15, 0.2) is 0 Å². The van der Waals surface area contributed by atoms with Crippen LogP contribution in [0, 0.1) is 17.8 Å². The molecule has 0 aromatic carbocycles. The molecule has 4 aliphatic heterocycles. The fourth-order valence-corrected chi connectivity index (χ4v) is 10.7. The molecule has 4 heterocycles. The topological polar surface area (TPSA) is 361 Å². The largest absolute Gasteiger partial charge is 0.463 e. The van der Waals surface area contributed by atoms with E-state index >= 15 is 0 Å². The summed E-state index contributed by atoms with van der Waals surface area (Å²) in [4.78, 5) is 13.3. The first-order valence-corrected chi connectivity index (χ1v) is 22.9. The zero-order chi connectivity index (χ0) is 47.7. The van der Waals surface area contributed by atoms with E-state index in [2.05, 4.69) is 0 Å². The maximum absolute atomic E-state index is 13.3. The summed E-state index contributed by atoms with van der Waals surface area (Å²) >= 11 is 0. The van der Waals surface area contributed by atoms with Crippen molar-refractivity contribution in [3.05, 3.63) is 0 Å². The lowest BCUT2D eigenvalue weighted by atomic mass is 9.72. The Morgan fingerprint density at radius 1 is 0.530 bits per heavy atom. The molecule has 0 amide bonds. The molecular weight excluding hydrogens is 888 g/mol. The van der Waals surface area contributed by atoms with E-state index in [9.17, 15) is 66.1 Å². The van der Waals surface area contributed by atoms with Crippen LogP contribution in [0.3, 0.4) is 0 Å². The molecule has 3 saturated carbocycles. The van der Waals surface area contributed by atoms with Gasteiger partial charge in [-0.15, -0.1) is 0 Å². The minimum Gasteiger partial charge on any atom is -0.463 e. The molecule has 0 aromatic rings. The lowest BCUT2D eigenvalue weighted by Gasteiger charge is -2.51. The maximum Gasteiger partial charge on any atom is 0.309 e. The van der Waals surface area contributed by atoms with Crippen LogP contribution >= 0.6 is 0 Å². The van der Waals surface area contributed by atoms with Crippen molar-refractivity contribution in [2.45, 2.75) is 198 Å². The smallest absolute Gasteiger partial charge is 0.309 e. The van der Waals surface area contributed by atoms with Gasteiger partial charge in [0.1, 0.15) is 79.9 Å². The number of fused-ring (bicyclic) bond motifs is 1. The summed E-state index contributed by atoms with van der Waals surface area (Å²) in [5, 5.41) is 130. The molecule has 24 nitrogen and oxygen atoms in total. The molecule has 24 heteroatoms. The van der Waals surface area contributed by atoms with Crippen LogP contribution in [-0.2, 0) is 56.9 Å². The third-order valence-electron chi connectivity index (χ3n) is 14.6. The van der Waals surface area contributed by atoms with Gasteiger partial charge in [0.25, 0.3) is 0 Å². The quantitative estimate of drug-likeness (QED) is 0.0722. The van der Waals surface area contributed by atoms with Gasteiger partial charge in [0, 0.05) is 27.2 Å². The standard InChI is InChI=1S/C42H70O24/c1-56-24-7-16(8-25(57-2)37(24)58-3)39(55)59-13-27-30(49)32(51)35(54)40(64-27)61-14-28-31(50)33(52)38(66-41-34(53)29(48)22(47)12-60-41)42(65-28)63-26-11-18-20(45)9-17(43)10-23(18)62-36(26)15-4-5-19(44)21(46)6-15/h15-38,40-54H,4-14H2,1-3H3. The number of carbonyl (C=O) groups excluding carboxylic acids is 1. The van der Waals surface area contributed by atoms with Gasteiger partial charge in [0.15, 0.2) is 18.9 Å². The summed E-state index contributed by atoms with van der Waals surface area (Å²) in [7, 11) is 4.47. The molecule has 0 aromatic heterocycles. The Hall–Kier alpha value is -1.41. The Bertz CT molecular complexity index is 1520. The Kier molecular flexibility index (Phi) is 18.1. The number of aliphatic hydroxyl groups excluding tert-OH is 12. The van der Waals surface area contributed by atoms with Crippen LogP contribution < -0.4 is 0 Å². The van der Waals surface area contributed by atoms with Crippen molar-refractivity contribution in [3.8, 4) is 0 Å². The van der Waals surface area contributed by atoms with Crippen molar-refractivity contribution in [2.75, 3.05) is 41.2 Å². The molecule has 0 radical (unpaired) electrons. The molecule has 0 bridgehead atoms. The normalized spacial score (nSPS) is 51.5. The number of ether oxygens (including phenoxy) is 11. The Morgan fingerprint density at radius 2 is 1.18 bits per heavy atom. The van der Waals surface area contributed by atoms with E-state index in [1.165, 1.54) is 21.3 Å². The zero-order valence-corrected chi connectivity index (χ0v) is 37.1. The van der Waals surface area contributed by atoms with E-state index in [4.69, 9.17) is 52.1 Å². The first kappa shape index (κ1) is 52.4. The molecule has 3 aliphatic carbocycles. The number of carbonyl (C=O) groups is 1. The summed E-state index contributed by atoms with van der Waals surface area (Å²) in [6.07, 6.45) is -30.0. The van der Waals surface area contributed by atoms with Crippen molar-refractivity contribution in [3.63, 3.8) is 0 Å². The number of aliphatic hydroxyl groups is 12. The highest BCUT2D eigenvalue weighted by molar-refractivity contribution is 5.72. The van der Waals surface area contributed by atoms with E-state index in [0.29, 0.717) is 6.42 Å². The lowest BCUT2D eigenvalue weighted by Crippen LogP contribution is -2.65. The number of rotatable bonds is 14. The summed E-state index contributed by atoms with van der Waals surface area (Å²) in [6, 6.07) is 0.